The third kappa shape index (κ3) is 2.91. The molecule has 1 aromatic carbocycles. The van der Waals surface area contributed by atoms with Crippen LogP contribution in [0.1, 0.15) is 27.4 Å². The molecular weight excluding hydrogens is 276 g/mol. The van der Waals surface area contributed by atoms with Crippen LogP contribution in [0.15, 0.2) is 59.3 Å². The highest BCUT2D eigenvalue weighted by atomic mass is 16.3. The van der Waals surface area contributed by atoms with Crippen molar-refractivity contribution < 1.29 is 9.21 Å². The van der Waals surface area contributed by atoms with E-state index in [0.717, 1.165) is 17.0 Å². The molecule has 3 aromatic rings. The van der Waals surface area contributed by atoms with Gasteiger partial charge in [-0.25, -0.2) is 4.68 Å². The van der Waals surface area contributed by atoms with Crippen molar-refractivity contribution in [2.75, 3.05) is 0 Å². The number of carbonyl (C=O) groups is 1. The van der Waals surface area contributed by atoms with E-state index >= 15 is 0 Å². The highest BCUT2D eigenvalue weighted by molar-refractivity contribution is 6.07. The molecule has 0 radical (unpaired) electrons. The van der Waals surface area contributed by atoms with Crippen LogP contribution in [0.4, 0.5) is 0 Å². The zero-order chi connectivity index (χ0) is 15.5. The minimum Gasteiger partial charge on any atom is -0.466 e. The van der Waals surface area contributed by atoms with E-state index in [9.17, 15) is 4.79 Å². The molecule has 0 N–H and O–H groups in total. The number of para-hydroxylation sites is 1. The van der Waals surface area contributed by atoms with E-state index in [4.69, 9.17) is 4.42 Å². The van der Waals surface area contributed by atoms with E-state index < -0.39 is 0 Å². The lowest BCUT2D eigenvalue weighted by Gasteiger charge is -1.98. The fourth-order valence-electron chi connectivity index (χ4n) is 2.28. The van der Waals surface area contributed by atoms with Crippen molar-refractivity contribution in [3.05, 3.63) is 77.5 Å². The first kappa shape index (κ1) is 14.1. The third-order valence-electron chi connectivity index (χ3n) is 3.36. The zero-order valence-electron chi connectivity index (χ0n) is 12.5. The van der Waals surface area contributed by atoms with Crippen LogP contribution < -0.4 is 0 Å². The van der Waals surface area contributed by atoms with E-state index in [2.05, 4.69) is 5.10 Å². The maximum atomic E-state index is 12.2. The van der Waals surface area contributed by atoms with Crippen LogP contribution in [0.2, 0.25) is 0 Å². The number of hydrogen-bond acceptors (Lipinski definition) is 3. The quantitative estimate of drug-likeness (QED) is 0.540. The van der Waals surface area contributed by atoms with Gasteiger partial charge in [-0.3, -0.25) is 4.79 Å². The fourth-order valence-corrected chi connectivity index (χ4v) is 2.28. The third-order valence-corrected chi connectivity index (χ3v) is 3.36. The Hall–Kier alpha value is -2.88. The zero-order valence-corrected chi connectivity index (χ0v) is 12.5. The molecule has 0 fully saturated rings. The van der Waals surface area contributed by atoms with E-state index in [1.165, 1.54) is 0 Å². The lowest BCUT2D eigenvalue weighted by atomic mass is 10.1. The molecule has 0 saturated heterocycles. The van der Waals surface area contributed by atoms with Crippen molar-refractivity contribution in [3.63, 3.8) is 0 Å². The van der Waals surface area contributed by atoms with Gasteiger partial charge in [-0.1, -0.05) is 18.2 Å². The molecule has 4 heteroatoms. The number of benzene rings is 1. The number of aromatic nitrogens is 2. The van der Waals surface area contributed by atoms with Gasteiger partial charge < -0.3 is 4.42 Å². The number of allylic oxidation sites excluding steroid dienone is 1. The molecule has 0 atom stereocenters. The van der Waals surface area contributed by atoms with Crippen molar-refractivity contribution in [1.82, 2.24) is 9.78 Å². The lowest BCUT2D eigenvalue weighted by molar-refractivity contribution is 0.104. The molecule has 0 aliphatic carbocycles. The first-order valence-corrected chi connectivity index (χ1v) is 7.03. The summed E-state index contributed by atoms with van der Waals surface area (Å²) in [5, 5.41) is 4.29. The van der Waals surface area contributed by atoms with Crippen LogP contribution in [0.25, 0.3) is 11.8 Å². The molecule has 4 nitrogen and oxygen atoms in total. The molecule has 0 bridgehead atoms. The Balaban J connectivity index is 1.78. The number of ketones is 1. The summed E-state index contributed by atoms with van der Waals surface area (Å²) in [7, 11) is 0. The maximum absolute atomic E-state index is 12.2. The van der Waals surface area contributed by atoms with Crippen LogP contribution in [0, 0.1) is 13.8 Å². The maximum Gasteiger partial charge on any atom is 0.189 e. The second-order valence-corrected chi connectivity index (χ2v) is 5.08. The Morgan fingerprint density at radius 3 is 2.68 bits per heavy atom. The van der Waals surface area contributed by atoms with Crippen molar-refractivity contribution >= 4 is 11.9 Å². The second-order valence-electron chi connectivity index (χ2n) is 5.08. The van der Waals surface area contributed by atoms with Crippen LogP contribution in [-0.2, 0) is 0 Å². The molecule has 0 saturated carbocycles. The summed E-state index contributed by atoms with van der Waals surface area (Å²) in [5.74, 6) is 1.32. The smallest absolute Gasteiger partial charge is 0.189 e. The van der Waals surface area contributed by atoms with Crippen molar-refractivity contribution in [2.24, 2.45) is 0 Å². The topological polar surface area (TPSA) is 48.0 Å². The van der Waals surface area contributed by atoms with Crippen LogP contribution in [-0.4, -0.2) is 15.6 Å². The number of aryl methyl sites for hydroxylation is 2. The van der Waals surface area contributed by atoms with Gasteiger partial charge >= 0.3 is 0 Å². The minimum atomic E-state index is -0.0678. The molecule has 3 rings (SSSR count). The Morgan fingerprint density at radius 2 is 2.00 bits per heavy atom. The summed E-state index contributed by atoms with van der Waals surface area (Å²) < 4.78 is 7.15. The highest BCUT2D eigenvalue weighted by Crippen LogP contribution is 2.15. The first-order chi connectivity index (χ1) is 10.6. The van der Waals surface area contributed by atoms with Gasteiger partial charge in [0.05, 0.1) is 17.4 Å². The van der Waals surface area contributed by atoms with E-state index in [1.807, 2.05) is 43.5 Å². The molecule has 110 valence electrons. The Labute approximate surface area is 128 Å². The second kappa shape index (κ2) is 5.85. The largest absolute Gasteiger partial charge is 0.466 e. The summed E-state index contributed by atoms with van der Waals surface area (Å²) in [6.45, 7) is 3.62. The van der Waals surface area contributed by atoms with Gasteiger partial charge in [0, 0.05) is 11.8 Å². The number of furan rings is 1. The van der Waals surface area contributed by atoms with E-state index in [1.54, 1.807) is 36.0 Å². The molecule has 0 aliphatic rings. The van der Waals surface area contributed by atoms with Crippen LogP contribution in [0.3, 0.4) is 0 Å². The van der Waals surface area contributed by atoms with Crippen LogP contribution in [0.5, 0.6) is 0 Å². The SMILES string of the molecule is Cc1cc(C(=O)/C=C/c2cnn(-c3ccccc3)c2)c(C)o1. The molecule has 2 heterocycles. The fraction of sp³-hybridized carbons (Fsp3) is 0.111. The van der Waals surface area contributed by atoms with Gasteiger partial charge in [-0.2, -0.15) is 5.10 Å². The van der Waals surface area contributed by atoms with Gasteiger partial charge in [0.2, 0.25) is 0 Å². The average Bonchev–Trinajstić information content (AvgIpc) is 3.12. The molecule has 0 unspecified atom stereocenters. The average molecular weight is 292 g/mol. The van der Waals surface area contributed by atoms with Gasteiger partial charge in [-0.15, -0.1) is 0 Å². The van der Waals surface area contributed by atoms with Gasteiger partial charge in [0.25, 0.3) is 0 Å². The number of hydrogen-bond donors (Lipinski definition) is 0. The van der Waals surface area contributed by atoms with Crippen LogP contribution >= 0.6 is 0 Å². The molecule has 0 spiro atoms. The monoisotopic (exact) mass is 292 g/mol. The van der Waals surface area contributed by atoms with E-state index in [-0.39, 0.29) is 5.78 Å². The predicted molar refractivity (Wildman–Crippen MR) is 85.1 cm³/mol. The first-order valence-electron chi connectivity index (χ1n) is 7.03. The highest BCUT2D eigenvalue weighted by Gasteiger charge is 2.10. The van der Waals surface area contributed by atoms with Gasteiger partial charge in [0.15, 0.2) is 5.78 Å². The van der Waals surface area contributed by atoms with Crippen molar-refractivity contribution in [3.8, 4) is 5.69 Å². The Morgan fingerprint density at radius 1 is 1.23 bits per heavy atom. The van der Waals surface area contributed by atoms with Gasteiger partial charge in [0.1, 0.15) is 11.5 Å². The molecule has 0 aliphatic heterocycles. The number of rotatable bonds is 4. The number of nitrogens with zero attached hydrogens (tertiary/aromatic N) is 2. The predicted octanol–water partition coefficient (Wildman–Crippen LogP) is 3.98. The molecule has 2 aromatic heterocycles. The standard InChI is InChI=1S/C18H16N2O2/c1-13-10-17(14(2)22-13)18(21)9-8-15-11-19-20(12-15)16-6-4-3-5-7-16/h3-12H,1-2H3/b9-8+. The summed E-state index contributed by atoms with van der Waals surface area (Å²) in [5.41, 5.74) is 2.45. The van der Waals surface area contributed by atoms with Crippen molar-refractivity contribution in [1.29, 1.82) is 0 Å². The number of carbonyl (C=O) groups excluding carboxylic acids is 1. The van der Waals surface area contributed by atoms with E-state index in [0.29, 0.717) is 11.3 Å². The summed E-state index contributed by atoms with van der Waals surface area (Å²) in [6.07, 6.45) is 6.91. The normalized spacial score (nSPS) is 11.2. The minimum absolute atomic E-state index is 0.0678. The summed E-state index contributed by atoms with van der Waals surface area (Å²) >= 11 is 0. The summed E-state index contributed by atoms with van der Waals surface area (Å²) in [4.78, 5) is 12.2. The molecule has 22 heavy (non-hydrogen) atoms. The summed E-state index contributed by atoms with van der Waals surface area (Å²) in [6, 6.07) is 11.6. The Kier molecular flexibility index (Phi) is 3.74. The van der Waals surface area contributed by atoms with Gasteiger partial charge in [-0.05, 0) is 44.2 Å². The Bertz CT molecular complexity index is 826. The van der Waals surface area contributed by atoms with Crippen molar-refractivity contribution in [2.45, 2.75) is 13.8 Å². The lowest BCUT2D eigenvalue weighted by Crippen LogP contribution is -1.93. The molecule has 0 amide bonds. The molecular formula is C18H16N2O2.